The van der Waals surface area contributed by atoms with Gasteiger partial charge in [-0.1, -0.05) is 156 Å². The van der Waals surface area contributed by atoms with Crippen molar-refractivity contribution >= 4 is 48.2 Å². The lowest BCUT2D eigenvalue weighted by molar-refractivity contribution is -0.163. The Hall–Kier alpha value is -5.78. The topological polar surface area (TPSA) is 142 Å². The second kappa shape index (κ2) is 35.1. The fourth-order valence-corrected chi connectivity index (χ4v) is 23.9. The van der Waals surface area contributed by atoms with Gasteiger partial charge in [0, 0.05) is 25.7 Å². The van der Waals surface area contributed by atoms with Crippen LogP contribution in [-0.4, -0.2) is 64.5 Å². The molecule has 0 N–H and O–H groups in total. The zero-order valence-electron chi connectivity index (χ0n) is 66.7. The molecule has 0 aromatic heterocycles. The number of hydrogen-bond acceptors (Lipinski definition) is 12. The molecule has 0 bridgehead atoms. The van der Waals surface area contributed by atoms with E-state index >= 15 is 0 Å². The van der Waals surface area contributed by atoms with Crippen molar-refractivity contribution in [1.82, 2.24) is 0 Å². The summed E-state index contributed by atoms with van der Waals surface area (Å²) in [6.45, 7) is 25.2. The SMILES string of the molecule is COc1cc(/C=C/c2ccc(/C=C/c3cc(OC)c(OC(=O)CCCCC(=O)O[C@H]4CC[C@@]5(C)[C@@H](CC[C@@H]6[C@@H]5CC[C@]5(C)[C@@H]([C@H](C)CCCC(C)C)CC[C@@H]65)C4)c(OC)c3)cc2)cc(OC)c1OC(=O)CCCCC(=O)O[C@H]1CC[C@@]2(C)[C@@H](CC[C@@H]3[C@@H]2CC[C@]2(C)[C@@H]([C@H](C)CCCC(C)C)CC[C@@H]32)C1. The number of methoxy groups -OCH3 is 4. The number of hydrogen-bond donors (Lipinski definition) is 0. The molecule has 0 unspecified atom stereocenters. The lowest BCUT2D eigenvalue weighted by Gasteiger charge is -2.61. The molecular formula is C92H134O12. The monoisotopic (exact) mass is 1430 g/mol. The maximum atomic E-state index is 13.3. The number of carbonyl (C=O) groups is 4. The fraction of sp³-hybridized carbons (Fsp3) is 0.717. The average molecular weight is 1430 g/mol. The van der Waals surface area contributed by atoms with Crippen LogP contribution in [0.1, 0.15) is 297 Å². The number of ether oxygens (including phenoxy) is 8. The van der Waals surface area contributed by atoms with Gasteiger partial charge in [-0.15, -0.1) is 0 Å². The van der Waals surface area contributed by atoms with E-state index in [0.717, 1.165) is 132 Å². The van der Waals surface area contributed by atoms with Crippen molar-refractivity contribution in [3.8, 4) is 34.5 Å². The molecule has 11 rings (SSSR count). The van der Waals surface area contributed by atoms with E-state index in [1.807, 2.05) is 72.8 Å². The molecule has 3 aromatic carbocycles. The fourth-order valence-electron chi connectivity index (χ4n) is 23.9. The maximum absolute atomic E-state index is 13.3. The van der Waals surface area contributed by atoms with E-state index in [9.17, 15) is 19.2 Å². The zero-order valence-corrected chi connectivity index (χ0v) is 66.7. The third kappa shape index (κ3) is 18.0. The Morgan fingerprint density at radius 1 is 0.385 bits per heavy atom. The van der Waals surface area contributed by atoms with E-state index in [0.29, 0.717) is 82.2 Å². The molecule has 18 atom stereocenters. The van der Waals surface area contributed by atoms with E-state index in [1.165, 1.54) is 144 Å². The number of rotatable bonds is 32. The highest BCUT2D eigenvalue weighted by Gasteiger charge is 2.63. The standard InChI is InChI=1S/C92H134O12/c1-59(2)21-19-23-61(5)73-41-43-75-71-39-37-67-57-69(45-49-89(67,7)77(71)47-51-91(73,75)9)101-83(93)25-15-17-27-85(95)103-87-79(97-11)53-65(54-80(87)98-12)35-33-63-29-31-64(32-30-63)34-36-66-55-81(99-13)88(82(56-66)100-14)104-86(96)28-18-16-26-84(94)102-70-46-50-90(8)68(58-70)38-40-72-76-44-42-74(62(6)24-20-22-60(3)4)92(76,10)52-48-78(72)90/h29-36,53-56,59-62,67-78H,15-28,37-52,57-58H2,1-14H3/b35-33+,36-34+/t61-,62-,67+,68+,69+,70+,71+,72+,73-,74-,75+,76+,77+,78+,89+,90+,91-,92-/m1/s1. The number of unbranched alkanes of at least 4 members (excludes halogenated alkanes) is 2. The highest BCUT2D eigenvalue weighted by Crippen LogP contribution is 2.71. The van der Waals surface area contributed by atoms with Crippen molar-refractivity contribution in [3.05, 3.63) is 70.8 Å². The van der Waals surface area contributed by atoms with Crippen molar-refractivity contribution in [3.63, 3.8) is 0 Å². The molecule has 8 fully saturated rings. The summed E-state index contributed by atoms with van der Waals surface area (Å²) in [7, 11) is 6.15. The Labute approximate surface area is 627 Å². The van der Waals surface area contributed by atoms with Gasteiger partial charge >= 0.3 is 23.9 Å². The van der Waals surface area contributed by atoms with Crippen molar-refractivity contribution in [2.45, 2.75) is 287 Å². The third-order valence-electron chi connectivity index (χ3n) is 29.5. The smallest absolute Gasteiger partial charge is 0.311 e. The van der Waals surface area contributed by atoms with Gasteiger partial charge in [0.15, 0.2) is 23.0 Å². The molecule has 12 nitrogen and oxygen atoms in total. The summed E-state index contributed by atoms with van der Waals surface area (Å²) < 4.78 is 47.1. The first-order valence-electron chi connectivity index (χ1n) is 41.7. The lowest BCUT2D eigenvalue weighted by atomic mass is 9.44. The molecule has 8 aliphatic rings. The number of carbonyl (C=O) groups excluding carboxylic acids is 4. The van der Waals surface area contributed by atoms with E-state index in [-0.39, 0.29) is 61.3 Å². The minimum Gasteiger partial charge on any atom is -0.493 e. The number of fused-ring (bicyclic) bond motifs is 10. The maximum Gasteiger partial charge on any atom is 0.311 e. The van der Waals surface area contributed by atoms with Crippen LogP contribution < -0.4 is 28.4 Å². The highest BCUT2D eigenvalue weighted by molar-refractivity contribution is 5.79. The van der Waals surface area contributed by atoms with Crippen molar-refractivity contribution in [2.24, 2.45) is 105 Å². The predicted octanol–water partition coefficient (Wildman–Crippen LogP) is 23.1. The van der Waals surface area contributed by atoms with E-state index in [2.05, 4.69) is 69.2 Å². The first kappa shape index (κ1) is 79.3. The Morgan fingerprint density at radius 3 is 1.06 bits per heavy atom. The van der Waals surface area contributed by atoms with Crippen LogP contribution in [0, 0.1) is 105 Å². The zero-order chi connectivity index (χ0) is 74.1. The summed E-state index contributed by atoms with van der Waals surface area (Å²) in [5, 5.41) is 0. The van der Waals surface area contributed by atoms with Crippen LogP contribution >= 0.6 is 0 Å². The van der Waals surface area contributed by atoms with Gasteiger partial charge in [0.2, 0.25) is 11.5 Å². The van der Waals surface area contributed by atoms with Gasteiger partial charge in [0.1, 0.15) is 12.2 Å². The van der Waals surface area contributed by atoms with Crippen molar-refractivity contribution in [2.75, 3.05) is 28.4 Å². The molecule has 104 heavy (non-hydrogen) atoms. The van der Waals surface area contributed by atoms with Gasteiger partial charge in [-0.05, 0) is 292 Å². The van der Waals surface area contributed by atoms with Crippen molar-refractivity contribution < 1.29 is 57.1 Å². The molecular weight excluding hydrogens is 1300 g/mol. The Bertz CT molecular complexity index is 3160. The minimum atomic E-state index is -0.422. The van der Waals surface area contributed by atoms with Gasteiger partial charge < -0.3 is 37.9 Å². The molecule has 0 amide bonds. The largest absolute Gasteiger partial charge is 0.493 e. The quantitative estimate of drug-likeness (QED) is 0.0254. The molecule has 0 radical (unpaired) electrons. The van der Waals surface area contributed by atoms with Gasteiger partial charge in [-0.3, -0.25) is 19.2 Å². The van der Waals surface area contributed by atoms with Crippen LogP contribution in [0.5, 0.6) is 34.5 Å². The molecule has 3 aromatic rings. The van der Waals surface area contributed by atoms with Gasteiger partial charge in [0.05, 0.1) is 28.4 Å². The van der Waals surface area contributed by atoms with Gasteiger partial charge in [0.25, 0.3) is 0 Å². The number of esters is 4. The summed E-state index contributed by atoms with van der Waals surface area (Å²) >= 11 is 0. The first-order chi connectivity index (χ1) is 49.9. The summed E-state index contributed by atoms with van der Waals surface area (Å²) in [6.07, 6.45) is 41.6. The summed E-state index contributed by atoms with van der Waals surface area (Å²) in [5.74, 6) is 12.0. The highest BCUT2D eigenvalue weighted by atomic mass is 16.6. The van der Waals surface area contributed by atoms with E-state index in [4.69, 9.17) is 37.9 Å². The molecule has 0 heterocycles. The van der Waals surface area contributed by atoms with Crippen LogP contribution in [-0.2, 0) is 28.7 Å². The lowest BCUT2D eigenvalue weighted by Crippen LogP contribution is -2.54. The third-order valence-corrected chi connectivity index (χ3v) is 29.5. The van der Waals surface area contributed by atoms with Crippen LogP contribution in [0.15, 0.2) is 48.5 Å². The molecule has 574 valence electrons. The first-order valence-corrected chi connectivity index (χ1v) is 41.7. The Morgan fingerprint density at radius 2 is 0.712 bits per heavy atom. The second-order valence-electron chi connectivity index (χ2n) is 36.4. The molecule has 8 aliphatic carbocycles. The summed E-state index contributed by atoms with van der Waals surface area (Å²) in [5.41, 5.74) is 5.18. The Kier molecular flexibility index (Phi) is 26.7. The molecule has 0 spiro atoms. The van der Waals surface area contributed by atoms with Crippen LogP contribution in [0.25, 0.3) is 24.3 Å². The minimum absolute atomic E-state index is 0.0160. The van der Waals surface area contributed by atoms with Gasteiger partial charge in [-0.25, -0.2) is 0 Å². The predicted molar refractivity (Wildman–Crippen MR) is 417 cm³/mol. The second-order valence-corrected chi connectivity index (χ2v) is 36.4. The summed E-state index contributed by atoms with van der Waals surface area (Å²) in [6, 6.07) is 15.3. The van der Waals surface area contributed by atoms with E-state index in [1.54, 1.807) is 0 Å². The van der Waals surface area contributed by atoms with E-state index < -0.39 is 11.9 Å². The van der Waals surface area contributed by atoms with Gasteiger partial charge in [-0.2, -0.15) is 0 Å². The molecule has 8 saturated carbocycles. The normalized spacial score (nSPS) is 31.9. The van der Waals surface area contributed by atoms with Crippen LogP contribution in [0.2, 0.25) is 0 Å². The van der Waals surface area contributed by atoms with Crippen LogP contribution in [0.3, 0.4) is 0 Å². The molecule has 12 heteroatoms. The molecule has 0 aliphatic heterocycles. The van der Waals surface area contributed by atoms with Crippen LogP contribution in [0.4, 0.5) is 0 Å². The Balaban J connectivity index is 0.577. The summed E-state index contributed by atoms with van der Waals surface area (Å²) in [4.78, 5) is 53.2. The van der Waals surface area contributed by atoms with Crippen molar-refractivity contribution in [1.29, 1.82) is 0 Å². The average Bonchev–Trinajstić information content (AvgIpc) is 1.34. The molecule has 0 saturated heterocycles. The number of benzene rings is 3.